The van der Waals surface area contributed by atoms with Crippen LogP contribution in [0.25, 0.3) is 0 Å². The maximum absolute atomic E-state index is 12.4. The molecular weight excluding hydrogens is 254 g/mol. The van der Waals surface area contributed by atoms with Crippen molar-refractivity contribution in [3.8, 4) is 11.5 Å². The van der Waals surface area contributed by atoms with E-state index >= 15 is 0 Å². The summed E-state index contributed by atoms with van der Waals surface area (Å²) in [6.45, 7) is 3.95. The quantitative estimate of drug-likeness (QED) is 0.849. The van der Waals surface area contributed by atoms with Crippen molar-refractivity contribution in [2.24, 2.45) is 5.92 Å². The summed E-state index contributed by atoms with van der Waals surface area (Å²) in [5.74, 6) is 2.23. The molecule has 0 bridgehead atoms. The first-order valence-electron chi connectivity index (χ1n) is 7.12. The Kier molecular flexibility index (Phi) is 4.88. The molecule has 4 heteroatoms. The lowest BCUT2D eigenvalue weighted by molar-refractivity contribution is -0.132. The molecule has 20 heavy (non-hydrogen) atoms. The van der Waals surface area contributed by atoms with Gasteiger partial charge in [0.15, 0.2) is 0 Å². The van der Waals surface area contributed by atoms with Crippen LogP contribution in [0.4, 0.5) is 0 Å². The van der Waals surface area contributed by atoms with E-state index in [1.54, 1.807) is 14.2 Å². The standard InChI is InChI=1S/C16H23NO3/c1-12-5-4-8-17(11-12)16(18)9-13-6-7-14(19-2)10-15(13)20-3/h6-7,10,12H,4-5,8-9,11H2,1-3H3. The van der Waals surface area contributed by atoms with Gasteiger partial charge in [0, 0.05) is 24.7 Å². The van der Waals surface area contributed by atoms with Gasteiger partial charge in [-0.2, -0.15) is 0 Å². The Morgan fingerprint density at radius 1 is 1.35 bits per heavy atom. The molecular formula is C16H23NO3. The first-order valence-corrected chi connectivity index (χ1v) is 7.12. The second kappa shape index (κ2) is 6.64. The molecule has 1 heterocycles. The zero-order valence-corrected chi connectivity index (χ0v) is 12.5. The average molecular weight is 277 g/mol. The van der Waals surface area contributed by atoms with Gasteiger partial charge in [0.25, 0.3) is 0 Å². The fourth-order valence-electron chi connectivity index (χ4n) is 2.69. The van der Waals surface area contributed by atoms with Gasteiger partial charge in [-0.05, 0) is 24.8 Å². The van der Waals surface area contributed by atoms with Crippen molar-refractivity contribution in [2.75, 3.05) is 27.3 Å². The number of nitrogens with zero attached hydrogens (tertiary/aromatic N) is 1. The molecule has 2 rings (SSSR count). The lowest BCUT2D eigenvalue weighted by Crippen LogP contribution is -2.39. The van der Waals surface area contributed by atoms with Crippen LogP contribution in [-0.4, -0.2) is 38.1 Å². The predicted molar refractivity (Wildman–Crippen MR) is 78.2 cm³/mol. The molecule has 1 unspecified atom stereocenters. The molecule has 1 amide bonds. The van der Waals surface area contributed by atoms with Crippen molar-refractivity contribution < 1.29 is 14.3 Å². The fourth-order valence-corrected chi connectivity index (χ4v) is 2.69. The van der Waals surface area contributed by atoms with Crippen molar-refractivity contribution in [3.05, 3.63) is 23.8 Å². The minimum atomic E-state index is 0.181. The van der Waals surface area contributed by atoms with Crippen molar-refractivity contribution in [1.82, 2.24) is 4.90 Å². The summed E-state index contributed by atoms with van der Waals surface area (Å²) < 4.78 is 10.5. The van der Waals surface area contributed by atoms with Crippen LogP contribution in [0.2, 0.25) is 0 Å². The van der Waals surface area contributed by atoms with E-state index in [-0.39, 0.29) is 5.91 Å². The molecule has 1 aromatic rings. The fraction of sp³-hybridized carbons (Fsp3) is 0.562. The molecule has 1 saturated heterocycles. The minimum Gasteiger partial charge on any atom is -0.497 e. The molecule has 1 atom stereocenters. The zero-order valence-electron chi connectivity index (χ0n) is 12.5. The number of carbonyl (C=O) groups excluding carboxylic acids is 1. The van der Waals surface area contributed by atoms with Gasteiger partial charge in [-0.25, -0.2) is 0 Å². The monoisotopic (exact) mass is 277 g/mol. The lowest BCUT2D eigenvalue weighted by atomic mass is 9.99. The molecule has 0 spiro atoms. The summed E-state index contributed by atoms with van der Waals surface area (Å²) in [6, 6.07) is 5.59. The molecule has 0 aromatic heterocycles. The van der Waals surface area contributed by atoms with Gasteiger partial charge >= 0.3 is 0 Å². The summed E-state index contributed by atoms with van der Waals surface area (Å²) in [5.41, 5.74) is 0.913. The van der Waals surface area contributed by atoms with Crippen molar-refractivity contribution in [3.63, 3.8) is 0 Å². The minimum absolute atomic E-state index is 0.181. The average Bonchev–Trinajstić information content (AvgIpc) is 2.47. The van der Waals surface area contributed by atoms with Crippen LogP contribution in [-0.2, 0) is 11.2 Å². The van der Waals surface area contributed by atoms with Crippen LogP contribution in [0.1, 0.15) is 25.3 Å². The second-order valence-corrected chi connectivity index (χ2v) is 5.44. The van der Waals surface area contributed by atoms with E-state index in [2.05, 4.69) is 6.92 Å². The van der Waals surface area contributed by atoms with Crippen LogP contribution < -0.4 is 9.47 Å². The third-order valence-corrected chi connectivity index (χ3v) is 3.85. The SMILES string of the molecule is COc1ccc(CC(=O)N2CCCC(C)C2)c(OC)c1. The van der Waals surface area contributed by atoms with Gasteiger partial charge in [0.05, 0.1) is 20.6 Å². The summed E-state index contributed by atoms with van der Waals surface area (Å²) in [7, 11) is 3.24. The van der Waals surface area contributed by atoms with E-state index in [0.717, 1.165) is 30.8 Å². The molecule has 0 aliphatic carbocycles. The second-order valence-electron chi connectivity index (χ2n) is 5.44. The number of likely N-dealkylation sites (tertiary alicyclic amines) is 1. The van der Waals surface area contributed by atoms with E-state index in [4.69, 9.17) is 9.47 Å². The Morgan fingerprint density at radius 2 is 2.15 bits per heavy atom. The number of ether oxygens (including phenoxy) is 2. The predicted octanol–water partition coefficient (Wildman–Crippen LogP) is 2.50. The van der Waals surface area contributed by atoms with Crippen LogP contribution >= 0.6 is 0 Å². The van der Waals surface area contributed by atoms with Gasteiger partial charge in [-0.15, -0.1) is 0 Å². The Morgan fingerprint density at radius 3 is 2.80 bits per heavy atom. The molecule has 0 N–H and O–H groups in total. The third-order valence-electron chi connectivity index (χ3n) is 3.85. The number of benzene rings is 1. The molecule has 0 radical (unpaired) electrons. The highest BCUT2D eigenvalue weighted by Crippen LogP contribution is 2.26. The van der Waals surface area contributed by atoms with Gasteiger partial charge in [0.1, 0.15) is 11.5 Å². The molecule has 1 aliphatic heterocycles. The summed E-state index contributed by atoms with van der Waals surface area (Å²) >= 11 is 0. The molecule has 110 valence electrons. The van der Waals surface area contributed by atoms with Crippen LogP contribution in [0.3, 0.4) is 0 Å². The number of hydrogen-bond acceptors (Lipinski definition) is 3. The highest BCUT2D eigenvalue weighted by atomic mass is 16.5. The van der Waals surface area contributed by atoms with Crippen molar-refractivity contribution >= 4 is 5.91 Å². The molecule has 4 nitrogen and oxygen atoms in total. The Bertz CT molecular complexity index is 473. The van der Waals surface area contributed by atoms with Crippen LogP contribution in [0.15, 0.2) is 18.2 Å². The number of carbonyl (C=O) groups is 1. The topological polar surface area (TPSA) is 38.8 Å². The smallest absolute Gasteiger partial charge is 0.227 e. The lowest BCUT2D eigenvalue weighted by Gasteiger charge is -2.31. The van der Waals surface area contributed by atoms with E-state index in [1.165, 1.54) is 6.42 Å². The molecule has 0 saturated carbocycles. The van der Waals surface area contributed by atoms with E-state index in [0.29, 0.717) is 18.1 Å². The van der Waals surface area contributed by atoms with Crippen LogP contribution in [0.5, 0.6) is 11.5 Å². The molecule has 1 fully saturated rings. The highest BCUT2D eigenvalue weighted by molar-refractivity contribution is 5.79. The summed E-state index contributed by atoms with van der Waals surface area (Å²) in [6.07, 6.45) is 2.71. The van der Waals surface area contributed by atoms with Gasteiger partial charge in [-0.3, -0.25) is 4.79 Å². The molecule has 1 aliphatic rings. The number of piperidine rings is 1. The van der Waals surface area contributed by atoms with E-state index in [1.807, 2.05) is 23.1 Å². The van der Waals surface area contributed by atoms with Gasteiger partial charge in [-0.1, -0.05) is 13.0 Å². The number of hydrogen-bond donors (Lipinski definition) is 0. The Labute approximate surface area is 120 Å². The summed E-state index contributed by atoms with van der Waals surface area (Å²) in [4.78, 5) is 14.3. The summed E-state index contributed by atoms with van der Waals surface area (Å²) in [5, 5.41) is 0. The Hall–Kier alpha value is -1.71. The van der Waals surface area contributed by atoms with Gasteiger partial charge < -0.3 is 14.4 Å². The zero-order chi connectivity index (χ0) is 14.5. The van der Waals surface area contributed by atoms with E-state index in [9.17, 15) is 4.79 Å². The number of methoxy groups -OCH3 is 2. The first-order chi connectivity index (χ1) is 9.63. The van der Waals surface area contributed by atoms with Gasteiger partial charge in [0.2, 0.25) is 5.91 Å². The number of amides is 1. The Balaban J connectivity index is 2.07. The normalized spacial score (nSPS) is 18.8. The maximum atomic E-state index is 12.4. The van der Waals surface area contributed by atoms with Crippen molar-refractivity contribution in [2.45, 2.75) is 26.2 Å². The molecule has 1 aromatic carbocycles. The first kappa shape index (κ1) is 14.7. The van der Waals surface area contributed by atoms with E-state index < -0.39 is 0 Å². The third kappa shape index (κ3) is 3.44. The maximum Gasteiger partial charge on any atom is 0.227 e. The van der Waals surface area contributed by atoms with Crippen molar-refractivity contribution in [1.29, 1.82) is 0 Å². The largest absolute Gasteiger partial charge is 0.497 e. The van der Waals surface area contributed by atoms with Crippen LogP contribution in [0, 0.1) is 5.92 Å². The highest BCUT2D eigenvalue weighted by Gasteiger charge is 2.21. The number of rotatable bonds is 4.